The number of methoxy groups -OCH3 is 1. The highest BCUT2D eigenvalue weighted by Crippen LogP contribution is 2.44. The Hall–Kier alpha value is -4.33. The number of carboxylic acids is 1. The molecule has 3 N–H and O–H groups in total. The number of fused-ring (bicyclic) bond motifs is 3. The Morgan fingerprint density at radius 3 is 2.11 bits per heavy atom. The maximum Gasteiger partial charge on any atom is 0.408 e. The minimum Gasteiger partial charge on any atom is -0.497 e. The van der Waals surface area contributed by atoms with Crippen molar-refractivity contribution in [3.8, 4) is 16.9 Å². The van der Waals surface area contributed by atoms with Crippen LogP contribution < -0.4 is 15.4 Å². The molecule has 1 aliphatic carbocycles. The Kier molecular flexibility index (Phi) is 6.46. The summed E-state index contributed by atoms with van der Waals surface area (Å²) in [4.78, 5) is 37.1. The zero-order valence-electron chi connectivity index (χ0n) is 19.6. The monoisotopic (exact) mass is 474 g/mol. The van der Waals surface area contributed by atoms with Gasteiger partial charge in [-0.15, -0.1) is 0 Å². The average molecular weight is 475 g/mol. The van der Waals surface area contributed by atoms with E-state index in [1.165, 1.54) is 39.2 Å². The van der Waals surface area contributed by atoms with E-state index >= 15 is 0 Å². The number of ether oxygens (including phenoxy) is 2. The number of carbonyl (C=O) groups is 3. The first-order valence-electron chi connectivity index (χ1n) is 11.1. The molecule has 0 saturated heterocycles. The summed E-state index contributed by atoms with van der Waals surface area (Å²) in [5.41, 5.74) is 2.98. The molecule has 4 rings (SSSR count). The van der Waals surface area contributed by atoms with Gasteiger partial charge in [0.15, 0.2) is 0 Å². The third kappa shape index (κ3) is 4.82. The van der Waals surface area contributed by atoms with Crippen molar-refractivity contribution < 1.29 is 29.0 Å². The minimum absolute atomic E-state index is 0.0886. The predicted molar refractivity (Wildman–Crippen MR) is 131 cm³/mol. The molecule has 2 amide bonds. The van der Waals surface area contributed by atoms with Crippen LogP contribution in [0, 0.1) is 0 Å². The Bertz CT molecular complexity index is 1250. The number of carboxylic acid groups (broad SMARTS) is 1. The van der Waals surface area contributed by atoms with E-state index in [1.807, 2.05) is 48.5 Å². The number of rotatable bonds is 7. The third-order valence-corrected chi connectivity index (χ3v) is 6.03. The molecule has 8 heteroatoms. The average Bonchev–Trinajstić information content (AvgIpc) is 3.16. The van der Waals surface area contributed by atoms with Gasteiger partial charge in [-0.05, 0) is 54.3 Å². The van der Waals surface area contributed by atoms with Crippen LogP contribution in [0.25, 0.3) is 11.1 Å². The van der Waals surface area contributed by atoms with Crippen molar-refractivity contribution in [1.29, 1.82) is 0 Å². The second-order valence-electron chi connectivity index (χ2n) is 8.75. The van der Waals surface area contributed by atoms with E-state index in [2.05, 4.69) is 10.6 Å². The lowest BCUT2D eigenvalue weighted by Crippen LogP contribution is -2.52. The molecule has 0 atom stereocenters. The van der Waals surface area contributed by atoms with Crippen LogP contribution in [0.3, 0.4) is 0 Å². The minimum atomic E-state index is -1.38. The van der Waals surface area contributed by atoms with Crippen molar-refractivity contribution in [3.05, 3.63) is 83.4 Å². The Morgan fingerprint density at radius 1 is 0.943 bits per heavy atom. The molecular formula is C27H26N2O6. The van der Waals surface area contributed by atoms with Crippen LogP contribution in [0.2, 0.25) is 0 Å². The van der Waals surface area contributed by atoms with Gasteiger partial charge in [0.25, 0.3) is 0 Å². The Labute approximate surface area is 202 Å². The summed E-state index contributed by atoms with van der Waals surface area (Å²) in [7, 11) is 1.42. The van der Waals surface area contributed by atoms with Gasteiger partial charge in [-0.25, -0.2) is 9.59 Å². The highest BCUT2D eigenvalue weighted by atomic mass is 16.5. The number of hydrogen-bond donors (Lipinski definition) is 3. The molecule has 180 valence electrons. The first-order chi connectivity index (χ1) is 16.7. The van der Waals surface area contributed by atoms with Crippen molar-refractivity contribution >= 4 is 23.7 Å². The number of nitrogens with one attached hydrogen (secondary N) is 2. The van der Waals surface area contributed by atoms with Crippen molar-refractivity contribution in [1.82, 2.24) is 5.32 Å². The van der Waals surface area contributed by atoms with Crippen LogP contribution >= 0.6 is 0 Å². The number of anilines is 1. The summed E-state index contributed by atoms with van der Waals surface area (Å²) in [5, 5.41) is 14.6. The van der Waals surface area contributed by atoms with E-state index in [4.69, 9.17) is 9.47 Å². The third-order valence-electron chi connectivity index (χ3n) is 6.03. The van der Waals surface area contributed by atoms with Gasteiger partial charge in [-0.1, -0.05) is 48.5 Å². The summed E-state index contributed by atoms with van der Waals surface area (Å²) in [6.07, 6.45) is -0.750. The lowest BCUT2D eigenvalue weighted by molar-refractivity contribution is -0.121. The van der Waals surface area contributed by atoms with Crippen LogP contribution in [0.15, 0.2) is 66.7 Å². The van der Waals surface area contributed by atoms with Crippen LogP contribution in [-0.4, -0.2) is 42.3 Å². The zero-order chi connectivity index (χ0) is 25.2. The molecule has 0 saturated carbocycles. The number of aromatic carboxylic acids is 1. The second kappa shape index (κ2) is 9.50. The molecule has 0 aliphatic heterocycles. The first-order valence-corrected chi connectivity index (χ1v) is 11.1. The van der Waals surface area contributed by atoms with Gasteiger partial charge in [0.05, 0.1) is 18.4 Å². The number of carbonyl (C=O) groups excluding carboxylic acids is 2. The van der Waals surface area contributed by atoms with Crippen molar-refractivity contribution in [3.63, 3.8) is 0 Å². The molecule has 35 heavy (non-hydrogen) atoms. The van der Waals surface area contributed by atoms with Gasteiger partial charge in [0.1, 0.15) is 17.9 Å². The quantitative estimate of drug-likeness (QED) is 0.459. The lowest BCUT2D eigenvalue weighted by Gasteiger charge is -2.25. The molecule has 0 spiro atoms. The number of amides is 2. The largest absolute Gasteiger partial charge is 0.497 e. The fourth-order valence-corrected chi connectivity index (χ4v) is 4.16. The molecule has 8 nitrogen and oxygen atoms in total. The standard InChI is InChI=1S/C27H26N2O6/c1-27(2,25(32)28-23-13-12-16(34-3)14-21(23)24(30)31)29-26(33)35-15-22-19-10-6-4-8-17(19)18-9-5-7-11-20(18)22/h4-14,22H,15H2,1-3H3,(H,28,32)(H,29,33)(H,30,31). The molecule has 1 aliphatic rings. The van der Waals surface area contributed by atoms with Gasteiger partial charge in [0.2, 0.25) is 5.91 Å². The maximum atomic E-state index is 12.9. The highest BCUT2D eigenvalue weighted by molar-refractivity contribution is 6.04. The van der Waals surface area contributed by atoms with Crippen LogP contribution in [-0.2, 0) is 9.53 Å². The van der Waals surface area contributed by atoms with E-state index < -0.39 is 23.5 Å². The fraction of sp³-hybridized carbons (Fsp3) is 0.222. The van der Waals surface area contributed by atoms with E-state index in [0.717, 1.165) is 22.3 Å². The van der Waals surface area contributed by atoms with Crippen LogP contribution in [0.4, 0.5) is 10.5 Å². The molecule has 0 heterocycles. The van der Waals surface area contributed by atoms with Gasteiger partial charge in [-0.3, -0.25) is 4.79 Å². The smallest absolute Gasteiger partial charge is 0.408 e. The van der Waals surface area contributed by atoms with Crippen molar-refractivity contribution in [2.75, 3.05) is 19.0 Å². The molecule has 3 aromatic carbocycles. The maximum absolute atomic E-state index is 12.9. The Morgan fingerprint density at radius 2 is 1.54 bits per heavy atom. The van der Waals surface area contributed by atoms with Crippen LogP contribution in [0.5, 0.6) is 5.75 Å². The molecule has 3 aromatic rings. The molecule has 0 bridgehead atoms. The second-order valence-corrected chi connectivity index (χ2v) is 8.75. The number of alkyl carbamates (subject to hydrolysis) is 1. The van der Waals surface area contributed by atoms with Crippen molar-refractivity contribution in [2.45, 2.75) is 25.3 Å². The van der Waals surface area contributed by atoms with Gasteiger partial charge in [-0.2, -0.15) is 0 Å². The molecule has 0 radical (unpaired) electrons. The summed E-state index contributed by atoms with van der Waals surface area (Å²) >= 11 is 0. The summed E-state index contributed by atoms with van der Waals surface area (Å²) in [6, 6.07) is 20.3. The summed E-state index contributed by atoms with van der Waals surface area (Å²) in [5.74, 6) is -1.58. The zero-order valence-corrected chi connectivity index (χ0v) is 19.6. The van der Waals surface area contributed by atoms with E-state index in [9.17, 15) is 19.5 Å². The lowest BCUT2D eigenvalue weighted by atomic mass is 9.98. The van der Waals surface area contributed by atoms with Gasteiger partial charge >= 0.3 is 12.1 Å². The van der Waals surface area contributed by atoms with E-state index in [0.29, 0.717) is 5.75 Å². The Balaban J connectivity index is 1.42. The molecule has 0 unspecified atom stereocenters. The number of hydrogen-bond acceptors (Lipinski definition) is 5. The highest BCUT2D eigenvalue weighted by Gasteiger charge is 2.33. The van der Waals surface area contributed by atoms with Crippen molar-refractivity contribution in [2.24, 2.45) is 0 Å². The number of benzene rings is 3. The SMILES string of the molecule is COc1ccc(NC(=O)C(C)(C)NC(=O)OCC2c3ccccc3-c3ccccc32)c(C(=O)O)c1. The molecular weight excluding hydrogens is 448 g/mol. The normalized spacial score (nSPS) is 12.3. The predicted octanol–water partition coefficient (Wildman–Crippen LogP) is 4.65. The topological polar surface area (TPSA) is 114 Å². The van der Waals surface area contributed by atoms with Gasteiger partial charge < -0.3 is 25.2 Å². The fourth-order valence-electron chi connectivity index (χ4n) is 4.16. The molecule has 0 fully saturated rings. The summed E-state index contributed by atoms with van der Waals surface area (Å²) in [6.45, 7) is 3.13. The summed E-state index contributed by atoms with van der Waals surface area (Å²) < 4.78 is 10.6. The van der Waals surface area contributed by atoms with E-state index in [-0.39, 0.29) is 23.8 Å². The first kappa shape index (κ1) is 23.8. The van der Waals surface area contributed by atoms with E-state index in [1.54, 1.807) is 0 Å². The van der Waals surface area contributed by atoms with Crippen LogP contribution in [0.1, 0.15) is 41.3 Å². The van der Waals surface area contributed by atoms with Gasteiger partial charge in [0, 0.05) is 5.92 Å². The molecule has 0 aromatic heterocycles.